The van der Waals surface area contributed by atoms with Gasteiger partial charge in [-0.25, -0.2) is 0 Å². The van der Waals surface area contributed by atoms with Gasteiger partial charge in [0.25, 0.3) is 0 Å². The highest BCUT2D eigenvalue weighted by atomic mass is 16.5. The predicted octanol–water partition coefficient (Wildman–Crippen LogP) is 7.54. The number of carbonyl (C=O) groups excluding carboxylic acids is 1. The molecule has 1 atom stereocenters. The van der Waals surface area contributed by atoms with Crippen LogP contribution in [0.2, 0.25) is 0 Å². The zero-order valence-electron chi connectivity index (χ0n) is 19.3. The van der Waals surface area contributed by atoms with Crippen LogP contribution in [0.3, 0.4) is 0 Å². The molecular weight excluding hydrogens is 376 g/mol. The molecule has 0 aromatic rings. The molecule has 0 aliphatic heterocycles. The highest BCUT2D eigenvalue weighted by molar-refractivity contribution is 5.71. The van der Waals surface area contributed by atoms with E-state index in [1.54, 1.807) is 0 Å². The van der Waals surface area contributed by atoms with Gasteiger partial charge >= 0.3 is 11.9 Å². The lowest BCUT2D eigenvalue weighted by atomic mass is 10.1. The molecule has 0 aromatic carbocycles. The molecular formula is C26H44O4. The molecule has 0 aromatic heterocycles. The summed E-state index contributed by atoms with van der Waals surface area (Å²) in [5.41, 5.74) is 0. The largest absolute Gasteiger partial charge is 0.481 e. The number of rotatable bonds is 20. The van der Waals surface area contributed by atoms with Crippen molar-refractivity contribution in [3.05, 3.63) is 36.5 Å². The molecule has 0 aliphatic carbocycles. The Labute approximate surface area is 184 Å². The predicted molar refractivity (Wildman–Crippen MR) is 126 cm³/mol. The molecule has 0 aliphatic rings. The molecule has 0 saturated carbocycles. The standard InChI is InChI=1S/C26H44O4/c1-3-5-6-7-8-9-10-11-12-13-14-15-16-17-18-19-20-22-26(29)30-24(21-4-2)23-25(27)28/h8-9,11-12,14-15,24H,3-7,10,13,16-23H2,1-2H3,(H,27,28)/b9-8-,12-11-,15-14-. The highest BCUT2D eigenvalue weighted by Crippen LogP contribution is 2.11. The SMILES string of the molecule is CCCCC/C=C\C/C=C\C/C=C\CCCCCCC(=O)OC(CCC)CC(=O)O. The second kappa shape index (κ2) is 21.9. The van der Waals surface area contributed by atoms with Crippen molar-refractivity contribution in [2.75, 3.05) is 0 Å². The maximum Gasteiger partial charge on any atom is 0.307 e. The van der Waals surface area contributed by atoms with Crippen LogP contribution in [0.1, 0.15) is 110 Å². The number of ether oxygens (including phenoxy) is 1. The number of unbranched alkanes of at least 4 members (excludes halogenated alkanes) is 7. The smallest absolute Gasteiger partial charge is 0.307 e. The summed E-state index contributed by atoms with van der Waals surface area (Å²) < 4.78 is 5.29. The zero-order valence-corrected chi connectivity index (χ0v) is 19.3. The van der Waals surface area contributed by atoms with Gasteiger partial charge in [0.05, 0.1) is 6.42 Å². The van der Waals surface area contributed by atoms with Crippen LogP contribution >= 0.6 is 0 Å². The fourth-order valence-corrected chi connectivity index (χ4v) is 3.14. The number of carboxylic acid groups (broad SMARTS) is 1. The first-order valence-corrected chi connectivity index (χ1v) is 12.0. The molecule has 30 heavy (non-hydrogen) atoms. The lowest BCUT2D eigenvalue weighted by Crippen LogP contribution is -2.21. The molecule has 4 heteroatoms. The van der Waals surface area contributed by atoms with Crippen molar-refractivity contribution in [3.63, 3.8) is 0 Å². The molecule has 0 amide bonds. The quantitative estimate of drug-likeness (QED) is 0.125. The first-order chi connectivity index (χ1) is 14.6. The van der Waals surface area contributed by atoms with Crippen molar-refractivity contribution in [1.29, 1.82) is 0 Å². The summed E-state index contributed by atoms with van der Waals surface area (Å²) in [6.07, 6.45) is 26.9. The fraction of sp³-hybridized carbons (Fsp3) is 0.692. The normalized spacial score (nSPS) is 12.9. The Balaban J connectivity index is 3.58. The van der Waals surface area contributed by atoms with E-state index in [-0.39, 0.29) is 12.4 Å². The highest BCUT2D eigenvalue weighted by Gasteiger charge is 2.16. The number of aliphatic carboxylic acids is 1. The number of hydrogen-bond donors (Lipinski definition) is 1. The second-order valence-electron chi connectivity index (χ2n) is 7.83. The van der Waals surface area contributed by atoms with Gasteiger partial charge in [-0.3, -0.25) is 9.59 Å². The minimum Gasteiger partial charge on any atom is -0.481 e. The lowest BCUT2D eigenvalue weighted by Gasteiger charge is -2.15. The van der Waals surface area contributed by atoms with E-state index < -0.39 is 12.1 Å². The Morgan fingerprint density at radius 1 is 0.767 bits per heavy atom. The molecule has 0 bridgehead atoms. The molecule has 0 fully saturated rings. The fourth-order valence-electron chi connectivity index (χ4n) is 3.14. The first kappa shape index (κ1) is 28.2. The third-order valence-corrected chi connectivity index (χ3v) is 4.83. The van der Waals surface area contributed by atoms with E-state index in [9.17, 15) is 9.59 Å². The van der Waals surface area contributed by atoms with Gasteiger partial charge in [-0.15, -0.1) is 0 Å². The van der Waals surface area contributed by atoms with Crippen molar-refractivity contribution >= 4 is 11.9 Å². The molecule has 0 radical (unpaired) electrons. The Hall–Kier alpha value is -1.84. The van der Waals surface area contributed by atoms with Crippen LogP contribution in [0.15, 0.2) is 36.5 Å². The summed E-state index contributed by atoms with van der Waals surface area (Å²) in [7, 11) is 0. The molecule has 0 heterocycles. The molecule has 1 unspecified atom stereocenters. The first-order valence-electron chi connectivity index (χ1n) is 12.0. The van der Waals surface area contributed by atoms with Gasteiger partial charge in [-0.05, 0) is 51.4 Å². The van der Waals surface area contributed by atoms with Crippen LogP contribution in [-0.2, 0) is 14.3 Å². The summed E-state index contributed by atoms with van der Waals surface area (Å²) in [6.45, 7) is 4.19. The number of carboxylic acids is 1. The van der Waals surface area contributed by atoms with Crippen LogP contribution in [-0.4, -0.2) is 23.1 Å². The molecule has 0 spiro atoms. The topological polar surface area (TPSA) is 63.6 Å². The van der Waals surface area contributed by atoms with Crippen LogP contribution < -0.4 is 0 Å². The van der Waals surface area contributed by atoms with Gasteiger partial charge in [-0.2, -0.15) is 0 Å². The van der Waals surface area contributed by atoms with Crippen LogP contribution in [0.5, 0.6) is 0 Å². The number of hydrogen-bond acceptors (Lipinski definition) is 3. The van der Waals surface area contributed by atoms with E-state index in [0.717, 1.165) is 51.4 Å². The number of esters is 1. The van der Waals surface area contributed by atoms with Crippen molar-refractivity contribution < 1.29 is 19.4 Å². The summed E-state index contributed by atoms with van der Waals surface area (Å²) >= 11 is 0. The molecule has 0 saturated heterocycles. The van der Waals surface area contributed by atoms with E-state index in [4.69, 9.17) is 9.84 Å². The van der Waals surface area contributed by atoms with Crippen molar-refractivity contribution in [2.45, 2.75) is 116 Å². The summed E-state index contributed by atoms with van der Waals surface area (Å²) in [6, 6.07) is 0. The van der Waals surface area contributed by atoms with Crippen molar-refractivity contribution in [2.24, 2.45) is 0 Å². The summed E-state index contributed by atoms with van der Waals surface area (Å²) in [5.74, 6) is -1.18. The van der Waals surface area contributed by atoms with Crippen LogP contribution in [0, 0.1) is 0 Å². The molecule has 0 rings (SSSR count). The molecule has 172 valence electrons. The van der Waals surface area contributed by atoms with Crippen molar-refractivity contribution in [3.8, 4) is 0 Å². The molecule has 4 nitrogen and oxygen atoms in total. The van der Waals surface area contributed by atoms with E-state index in [1.165, 1.54) is 25.7 Å². The Kier molecular flexibility index (Phi) is 20.5. The van der Waals surface area contributed by atoms with Gasteiger partial charge in [-0.1, -0.05) is 82.4 Å². The van der Waals surface area contributed by atoms with Crippen LogP contribution in [0.4, 0.5) is 0 Å². The Morgan fingerprint density at radius 3 is 1.90 bits per heavy atom. The van der Waals surface area contributed by atoms with Gasteiger partial charge < -0.3 is 9.84 Å². The molecule has 1 N–H and O–H groups in total. The minimum absolute atomic E-state index is 0.100. The Bertz CT molecular complexity index is 505. The van der Waals surface area contributed by atoms with E-state index in [1.807, 2.05) is 6.92 Å². The summed E-state index contributed by atoms with van der Waals surface area (Å²) in [4.78, 5) is 22.6. The van der Waals surface area contributed by atoms with Gasteiger partial charge in [0.15, 0.2) is 0 Å². The maximum absolute atomic E-state index is 11.8. The third kappa shape index (κ3) is 20.9. The second-order valence-corrected chi connectivity index (χ2v) is 7.83. The maximum atomic E-state index is 11.8. The summed E-state index contributed by atoms with van der Waals surface area (Å²) in [5, 5.41) is 8.85. The average molecular weight is 421 g/mol. The lowest BCUT2D eigenvalue weighted by molar-refractivity contribution is -0.153. The zero-order chi connectivity index (χ0) is 22.3. The van der Waals surface area contributed by atoms with Gasteiger partial charge in [0.1, 0.15) is 6.10 Å². The third-order valence-electron chi connectivity index (χ3n) is 4.83. The van der Waals surface area contributed by atoms with Crippen molar-refractivity contribution in [1.82, 2.24) is 0 Å². The minimum atomic E-state index is -0.917. The monoisotopic (exact) mass is 420 g/mol. The average Bonchev–Trinajstić information content (AvgIpc) is 2.70. The van der Waals surface area contributed by atoms with Crippen LogP contribution in [0.25, 0.3) is 0 Å². The van der Waals surface area contributed by atoms with Gasteiger partial charge in [0, 0.05) is 6.42 Å². The van der Waals surface area contributed by atoms with E-state index >= 15 is 0 Å². The number of carbonyl (C=O) groups is 2. The van der Waals surface area contributed by atoms with E-state index in [2.05, 4.69) is 43.4 Å². The van der Waals surface area contributed by atoms with E-state index in [0.29, 0.717) is 12.8 Å². The Morgan fingerprint density at radius 2 is 1.33 bits per heavy atom. The van der Waals surface area contributed by atoms with Gasteiger partial charge in [0.2, 0.25) is 0 Å². The number of allylic oxidation sites excluding steroid dienone is 6.